The van der Waals surface area contributed by atoms with Gasteiger partial charge in [0, 0.05) is 12.3 Å². The first-order chi connectivity index (χ1) is 7.99. The van der Waals surface area contributed by atoms with Crippen molar-refractivity contribution in [3.63, 3.8) is 0 Å². The molecule has 0 fully saturated rings. The lowest BCUT2D eigenvalue weighted by Crippen LogP contribution is -2.06. The molecular weight excluding hydrogens is 233 g/mol. The molecule has 0 aliphatic rings. The second-order valence-electron chi connectivity index (χ2n) is 3.05. The molecule has 1 aromatic carbocycles. The van der Waals surface area contributed by atoms with E-state index in [0.717, 1.165) is 5.92 Å². The molecule has 1 rings (SSSR count). The van der Waals surface area contributed by atoms with Crippen LogP contribution in [-0.2, 0) is 4.74 Å². The molecule has 0 saturated heterocycles. The van der Waals surface area contributed by atoms with Crippen LogP contribution < -0.4 is 0 Å². The topological polar surface area (TPSA) is 26.3 Å². The molecule has 90 valence electrons. The van der Waals surface area contributed by atoms with Gasteiger partial charge in [-0.25, -0.2) is 4.79 Å². The number of ether oxygens (including phenoxy) is 1. The molecule has 2 nitrogen and oxygen atoms in total. The minimum Gasteiger partial charge on any atom is -0.461 e. The smallest absolute Gasteiger partial charge is 0.457 e. The Bertz CT molecular complexity index is 427. The van der Waals surface area contributed by atoms with E-state index in [1.807, 2.05) is 5.92 Å². The average Bonchev–Trinajstić information content (AvgIpc) is 2.28. The van der Waals surface area contributed by atoms with Crippen molar-refractivity contribution in [3.05, 3.63) is 35.9 Å². The zero-order chi connectivity index (χ0) is 12.7. The number of benzene rings is 1. The largest absolute Gasteiger partial charge is 0.461 e. The molecule has 0 radical (unpaired) electrons. The lowest BCUT2D eigenvalue weighted by Gasteiger charge is -2.01. The second kappa shape index (κ2) is 5.94. The zero-order valence-electron chi connectivity index (χ0n) is 8.75. The molecule has 0 saturated carbocycles. The Hall–Kier alpha value is -1.96. The van der Waals surface area contributed by atoms with Crippen LogP contribution in [0.1, 0.15) is 16.8 Å². The number of carbonyl (C=O) groups is 1. The number of halogens is 3. The van der Waals surface area contributed by atoms with Gasteiger partial charge < -0.3 is 4.74 Å². The van der Waals surface area contributed by atoms with Crippen LogP contribution in [0.25, 0.3) is 0 Å². The second-order valence-corrected chi connectivity index (χ2v) is 3.05. The van der Waals surface area contributed by atoms with E-state index in [1.54, 1.807) is 30.3 Å². The molecule has 0 amide bonds. The van der Waals surface area contributed by atoms with Crippen LogP contribution >= 0.6 is 0 Å². The summed E-state index contributed by atoms with van der Waals surface area (Å²) < 4.78 is 39.6. The molecule has 0 bridgehead atoms. The third kappa shape index (κ3) is 5.61. The lowest BCUT2D eigenvalue weighted by molar-refractivity contribution is -0.0697. The van der Waals surface area contributed by atoms with Crippen LogP contribution in [0.15, 0.2) is 30.3 Å². The highest BCUT2D eigenvalue weighted by Gasteiger charge is 2.22. The molecule has 0 aliphatic heterocycles. The summed E-state index contributed by atoms with van der Waals surface area (Å²) >= 11 is 0. The van der Waals surface area contributed by atoms with Gasteiger partial charge in [0.2, 0.25) is 0 Å². The quantitative estimate of drug-likeness (QED) is 0.463. The van der Waals surface area contributed by atoms with Crippen molar-refractivity contribution < 1.29 is 22.7 Å². The predicted molar refractivity (Wildman–Crippen MR) is 55.2 cm³/mol. The fraction of sp³-hybridized carbons (Fsp3) is 0.250. The zero-order valence-corrected chi connectivity index (χ0v) is 8.75. The summed E-state index contributed by atoms with van der Waals surface area (Å²) in [6.07, 6.45) is -4.64. The highest BCUT2D eigenvalue weighted by atomic mass is 19.4. The molecule has 0 N–H and O–H groups in total. The van der Waals surface area contributed by atoms with Crippen molar-refractivity contribution in [1.29, 1.82) is 0 Å². The Morgan fingerprint density at radius 2 is 1.88 bits per heavy atom. The van der Waals surface area contributed by atoms with Gasteiger partial charge in [-0.1, -0.05) is 24.1 Å². The van der Waals surface area contributed by atoms with Gasteiger partial charge in [0.15, 0.2) is 0 Å². The van der Waals surface area contributed by atoms with Crippen LogP contribution in [0.2, 0.25) is 0 Å². The predicted octanol–water partition coefficient (Wildman–Crippen LogP) is 2.80. The fourth-order valence-electron chi connectivity index (χ4n) is 1.02. The van der Waals surface area contributed by atoms with Crippen LogP contribution in [0.4, 0.5) is 13.2 Å². The average molecular weight is 242 g/mol. The summed E-state index contributed by atoms with van der Waals surface area (Å²) in [5, 5.41) is 0. The SMILES string of the molecule is O=C(OCCC#CC(F)(F)F)c1ccccc1. The normalized spacial score (nSPS) is 10.3. The highest BCUT2D eigenvalue weighted by molar-refractivity contribution is 5.89. The van der Waals surface area contributed by atoms with Gasteiger partial charge in [0.05, 0.1) is 5.56 Å². The van der Waals surface area contributed by atoms with E-state index in [9.17, 15) is 18.0 Å². The number of hydrogen-bond donors (Lipinski definition) is 0. The number of alkyl halides is 3. The number of carbonyl (C=O) groups excluding carboxylic acids is 1. The van der Waals surface area contributed by atoms with Crippen LogP contribution in [0.3, 0.4) is 0 Å². The fourth-order valence-corrected chi connectivity index (χ4v) is 1.02. The molecular formula is C12H9F3O2. The van der Waals surface area contributed by atoms with Crippen molar-refractivity contribution in [2.24, 2.45) is 0 Å². The Morgan fingerprint density at radius 3 is 2.47 bits per heavy atom. The molecule has 5 heteroatoms. The van der Waals surface area contributed by atoms with Gasteiger partial charge in [-0.05, 0) is 12.1 Å². The standard InChI is InChI=1S/C12H9F3O2/c13-12(14,15)8-4-5-9-17-11(16)10-6-2-1-3-7-10/h1-3,6-7H,5,9H2. The third-order valence-corrected chi connectivity index (χ3v) is 1.70. The highest BCUT2D eigenvalue weighted by Crippen LogP contribution is 2.11. The van der Waals surface area contributed by atoms with E-state index >= 15 is 0 Å². The van der Waals surface area contributed by atoms with E-state index in [-0.39, 0.29) is 13.0 Å². The molecule has 17 heavy (non-hydrogen) atoms. The lowest BCUT2D eigenvalue weighted by atomic mass is 10.2. The van der Waals surface area contributed by atoms with E-state index in [2.05, 4.69) is 0 Å². The first-order valence-electron chi connectivity index (χ1n) is 4.78. The minimum absolute atomic E-state index is 0.141. The molecule has 0 aliphatic carbocycles. The molecule has 0 unspecified atom stereocenters. The van der Waals surface area contributed by atoms with Crippen molar-refractivity contribution in [3.8, 4) is 11.8 Å². The molecule has 0 aromatic heterocycles. The monoisotopic (exact) mass is 242 g/mol. The van der Waals surface area contributed by atoms with E-state index in [1.165, 1.54) is 0 Å². The molecule has 0 atom stereocenters. The summed E-state index contributed by atoms with van der Waals surface area (Å²) in [6.45, 7) is -0.156. The Balaban J connectivity index is 2.33. The Morgan fingerprint density at radius 1 is 1.24 bits per heavy atom. The first-order valence-corrected chi connectivity index (χ1v) is 4.78. The van der Waals surface area contributed by atoms with Crippen molar-refractivity contribution >= 4 is 5.97 Å². The van der Waals surface area contributed by atoms with Gasteiger partial charge in [0.1, 0.15) is 6.61 Å². The Kier molecular flexibility index (Phi) is 4.58. The number of rotatable bonds is 3. The summed E-state index contributed by atoms with van der Waals surface area (Å²) in [4.78, 5) is 11.3. The summed E-state index contributed by atoms with van der Waals surface area (Å²) in [5.41, 5.74) is 0.358. The third-order valence-electron chi connectivity index (χ3n) is 1.70. The molecule has 0 heterocycles. The number of esters is 1. The molecule has 0 spiro atoms. The van der Waals surface area contributed by atoms with Crippen LogP contribution in [-0.4, -0.2) is 18.8 Å². The number of hydrogen-bond acceptors (Lipinski definition) is 2. The first kappa shape index (κ1) is 13.1. The minimum atomic E-state index is -4.50. The summed E-state index contributed by atoms with van der Waals surface area (Å²) in [7, 11) is 0. The van der Waals surface area contributed by atoms with Crippen LogP contribution in [0, 0.1) is 11.8 Å². The van der Waals surface area contributed by atoms with Crippen molar-refractivity contribution in [1.82, 2.24) is 0 Å². The van der Waals surface area contributed by atoms with Gasteiger partial charge in [-0.2, -0.15) is 13.2 Å². The van der Waals surface area contributed by atoms with Gasteiger partial charge >= 0.3 is 12.1 Å². The summed E-state index contributed by atoms with van der Waals surface area (Å²) in [6, 6.07) is 8.19. The maximum Gasteiger partial charge on any atom is 0.457 e. The van der Waals surface area contributed by atoms with Gasteiger partial charge in [0.25, 0.3) is 0 Å². The van der Waals surface area contributed by atoms with Gasteiger partial charge in [-0.15, -0.1) is 0 Å². The maximum absolute atomic E-state index is 11.6. The van der Waals surface area contributed by atoms with Crippen LogP contribution in [0.5, 0.6) is 0 Å². The van der Waals surface area contributed by atoms with Gasteiger partial charge in [-0.3, -0.25) is 0 Å². The van der Waals surface area contributed by atoms with E-state index < -0.39 is 12.1 Å². The van der Waals surface area contributed by atoms with E-state index in [4.69, 9.17) is 4.74 Å². The van der Waals surface area contributed by atoms with E-state index in [0.29, 0.717) is 5.56 Å². The summed E-state index contributed by atoms with van der Waals surface area (Å²) in [5.74, 6) is 2.40. The van der Waals surface area contributed by atoms with Crippen molar-refractivity contribution in [2.75, 3.05) is 6.61 Å². The maximum atomic E-state index is 11.6. The molecule has 1 aromatic rings. The van der Waals surface area contributed by atoms with Crippen molar-refractivity contribution in [2.45, 2.75) is 12.6 Å². The Labute approximate surface area is 96.4 Å².